The van der Waals surface area contributed by atoms with Crippen LogP contribution in [0, 0.1) is 6.92 Å². The fraction of sp³-hybridized carbons (Fsp3) is 0.182. The zero-order valence-electron chi connectivity index (χ0n) is 8.77. The summed E-state index contributed by atoms with van der Waals surface area (Å²) in [4.78, 5) is 0.825. The number of benzene rings is 1. The van der Waals surface area contributed by atoms with E-state index in [9.17, 15) is 0 Å². The largest absolute Gasteiger partial charge is 0.320 e. The smallest absolute Gasteiger partial charge is 0.207 e. The van der Waals surface area contributed by atoms with Gasteiger partial charge in [-0.15, -0.1) is 11.3 Å². The Balaban J connectivity index is 2.55. The van der Waals surface area contributed by atoms with Gasteiger partial charge in [0.2, 0.25) is 4.80 Å². The molecule has 1 aromatic heterocycles. The molecule has 0 unspecified atom stereocenters. The van der Waals surface area contributed by atoms with Crippen LogP contribution in [0.2, 0.25) is 0 Å². The van der Waals surface area contributed by atoms with Crippen molar-refractivity contribution < 1.29 is 0 Å². The number of hydrogen-bond acceptors (Lipinski definition) is 3. The average Bonchev–Trinajstić information content (AvgIpc) is 2.61. The van der Waals surface area contributed by atoms with Gasteiger partial charge in [-0.1, -0.05) is 29.8 Å². The van der Waals surface area contributed by atoms with Crippen LogP contribution in [0.25, 0.3) is 11.3 Å². The molecule has 15 heavy (non-hydrogen) atoms. The first kappa shape index (κ1) is 9.98. The first-order valence-corrected chi connectivity index (χ1v) is 5.56. The summed E-state index contributed by atoms with van der Waals surface area (Å²) in [6.45, 7) is 2.08. The van der Waals surface area contributed by atoms with E-state index in [4.69, 9.17) is 5.84 Å². The van der Waals surface area contributed by atoms with Crippen molar-refractivity contribution in [3.05, 3.63) is 40.0 Å². The van der Waals surface area contributed by atoms with Crippen LogP contribution in [0.1, 0.15) is 5.56 Å². The summed E-state index contributed by atoms with van der Waals surface area (Å²) in [6, 6.07) is 8.42. The number of rotatable bonds is 1. The highest BCUT2D eigenvalue weighted by atomic mass is 32.1. The minimum atomic E-state index is 0.825. The molecule has 1 heterocycles. The van der Waals surface area contributed by atoms with E-state index in [1.165, 1.54) is 11.1 Å². The molecular formula is C11H13N3S. The molecule has 0 aliphatic rings. The van der Waals surface area contributed by atoms with Gasteiger partial charge in [0.05, 0.1) is 5.69 Å². The highest BCUT2D eigenvalue weighted by molar-refractivity contribution is 7.07. The Morgan fingerprint density at radius 2 is 1.93 bits per heavy atom. The molecule has 78 valence electrons. The van der Waals surface area contributed by atoms with Crippen LogP contribution in [0.4, 0.5) is 0 Å². The normalized spacial score (nSPS) is 12.0. The second-order valence-electron chi connectivity index (χ2n) is 3.46. The van der Waals surface area contributed by atoms with Crippen molar-refractivity contribution in [2.75, 3.05) is 0 Å². The topological polar surface area (TPSA) is 43.3 Å². The quantitative estimate of drug-likeness (QED) is 0.577. The molecule has 2 N–H and O–H groups in total. The molecule has 4 heteroatoms. The van der Waals surface area contributed by atoms with Crippen molar-refractivity contribution in [1.82, 2.24) is 4.57 Å². The maximum atomic E-state index is 5.28. The van der Waals surface area contributed by atoms with Crippen molar-refractivity contribution in [3.63, 3.8) is 0 Å². The summed E-state index contributed by atoms with van der Waals surface area (Å²) in [5.74, 6) is 5.28. The fourth-order valence-corrected chi connectivity index (χ4v) is 2.30. The summed E-state index contributed by atoms with van der Waals surface area (Å²) in [5, 5.41) is 5.78. The Labute approximate surface area is 92.5 Å². The highest BCUT2D eigenvalue weighted by Crippen LogP contribution is 2.19. The van der Waals surface area contributed by atoms with Crippen molar-refractivity contribution in [3.8, 4) is 11.3 Å². The fourth-order valence-electron chi connectivity index (χ4n) is 1.47. The summed E-state index contributed by atoms with van der Waals surface area (Å²) in [6.07, 6.45) is 0. The van der Waals surface area contributed by atoms with Gasteiger partial charge in [-0.05, 0) is 12.5 Å². The van der Waals surface area contributed by atoms with E-state index in [1.807, 2.05) is 11.6 Å². The summed E-state index contributed by atoms with van der Waals surface area (Å²) >= 11 is 1.55. The number of aromatic nitrogens is 1. The second kappa shape index (κ2) is 3.90. The first-order chi connectivity index (χ1) is 7.22. The standard InChI is InChI=1S/C11H13N3S/c1-8-3-5-9(6-4-8)10-7-15-11(13-12)14(10)2/h3-7H,12H2,1-2H3. The van der Waals surface area contributed by atoms with E-state index in [-0.39, 0.29) is 0 Å². The molecule has 2 rings (SSSR count). The Bertz CT molecular complexity index is 520. The molecule has 0 saturated heterocycles. The van der Waals surface area contributed by atoms with Gasteiger partial charge >= 0.3 is 0 Å². The predicted molar refractivity (Wildman–Crippen MR) is 63.2 cm³/mol. The molecule has 0 bridgehead atoms. The van der Waals surface area contributed by atoms with Gasteiger partial charge in [0.1, 0.15) is 0 Å². The van der Waals surface area contributed by atoms with E-state index in [0.29, 0.717) is 0 Å². The molecule has 0 radical (unpaired) electrons. The van der Waals surface area contributed by atoms with Gasteiger partial charge in [0.25, 0.3) is 0 Å². The lowest BCUT2D eigenvalue weighted by molar-refractivity contribution is 0.862. The summed E-state index contributed by atoms with van der Waals surface area (Å²) in [5.41, 5.74) is 3.60. The van der Waals surface area contributed by atoms with Crippen LogP contribution in [0.3, 0.4) is 0 Å². The van der Waals surface area contributed by atoms with E-state index >= 15 is 0 Å². The highest BCUT2D eigenvalue weighted by Gasteiger charge is 2.03. The minimum absolute atomic E-state index is 0.825. The van der Waals surface area contributed by atoms with Crippen LogP contribution in [0.5, 0.6) is 0 Å². The number of aryl methyl sites for hydroxylation is 1. The SMILES string of the molecule is Cc1ccc(-c2csc(=NN)n2C)cc1. The third-order valence-corrected chi connectivity index (χ3v) is 3.31. The third-order valence-electron chi connectivity index (χ3n) is 2.38. The molecule has 0 amide bonds. The first-order valence-electron chi connectivity index (χ1n) is 4.68. The van der Waals surface area contributed by atoms with Gasteiger partial charge in [0.15, 0.2) is 0 Å². The molecule has 0 atom stereocenters. The Morgan fingerprint density at radius 3 is 2.47 bits per heavy atom. The van der Waals surface area contributed by atoms with Gasteiger partial charge in [-0.2, -0.15) is 5.10 Å². The molecule has 0 aliphatic carbocycles. The summed E-state index contributed by atoms with van der Waals surface area (Å²) < 4.78 is 2.00. The van der Waals surface area contributed by atoms with Crippen LogP contribution in [0.15, 0.2) is 34.7 Å². The van der Waals surface area contributed by atoms with Crippen molar-refractivity contribution >= 4 is 11.3 Å². The molecule has 0 spiro atoms. The van der Waals surface area contributed by atoms with Crippen LogP contribution in [-0.2, 0) is 7.05 Å². The van der Waals surface area contributed by atoms with E-state index < -0.39 is 0 Å². The zero-order chi connectivity index (χ0) is 10.8. The molecular weight excluding hydrogens is 206 g/mol. The maximum Gasteiger partial charge on any atom is 0.207 e. The van der Waals surface area contributed by atoms with Gasteiger partial charge in [0, 0.05) is 12.4 Å². The van der Waals surface area contributed by atoms with Crippen molar-refractivity contribution in [2.24, 2.45) is 18.0 Å². The number of nitrogens with two attached hydrogens (primary N) is 1. The predicted octanol–water partition coefficient (Wildman–Crippen LogP) is 1.84. The van der Waals surface area contributed by atoms with Crippen molar-refractivity contribution in [2.45, 2.75) is 6.92 Å². The minimum Gasteiger partial charge on any atom is -0.320 e. The van der Waals surface area contributed by atoms with Gasteiger partial charge in [-0.3, -0.25) is 0 Å². The van der Waals surface area contributed by atoms with Gasteiger partial charge in [-0.25, -0.2) is 0 Å². The number of nitrogens with zero attached hydrogens (tertiary/aromatic N) is 2. The average molecular weight is 219 g/mol. The van der Waals surface area contributed by atoms with E-state index in [2.05, 4.69) is 41.7 Å². The maximum absolute atomic E-state index is 5.28. The monoisotopic (exact) mass is 219 g/mol. The Kier molecular flexibility index (Phi) is 2.60. The zero-order valence-corrected chi connectivity index (χ0v) is 9.58. The van der Waals surface area contributed by atoms with Gasteiger partial charge < -0.3 is 10.4 Å². The molecule has 1 aromatic carbocycles. The molecule has 2 aromatic rings. The lowest BCUT2D eigenvalue weighted by Crippen LogP contribution is -2.13. The molecule has 0 fully saturated rings. The molecule has 0 aliphatic heterocycles. The van der Waals surface area contributed by atoms with Crippen molar-refractivity contribution in [1.29, 1.82) is 0 Å². The van der Waals surface area contributed by atoms with Crippen LogP contribution in [-0.4, -0.2) is 4.57 Å². The lowest BCUT2D eigenvalue weighted by atomic mass is 10.1. The molecule has 3 nitrogen and oxygen atoms in total. The Morgan fingerprint density at radius 1 is 1.27 bits per heavy atom. The van der Waals surface area contributed by atoms with Crippen LogP contribution < -0.4 is 10.6 Å². The van der Waals surface area contributed by atoms with Crippen LogP contribution >= 0.6 is 11.3 Å². The second-order valence-corrected chi connectivity index (χ2v) is 4.29. The van der Waals surface area contributed by atoms with E-state index in [0.717, 1.165) is 10.5 Å². The lowest BCUT2D eigenvalue weighted by Gasteiger charge is -2.02. The molecule has 0 saturated carbocycles. The third kappa shape index (κ3) is 1.80. The number of hydrogen-bond donors (Lipinski definition) is 1. The number of thiazole rings is 1. The Hall–Kier alpha value is -1.55. The summed E-state index contributed by atoms with van der Waals surface area (Å²) in [7, 11) is 1.97. The van der Waals surface area contributed by atoms with E-state index in [1.54, 1.807) is 11.3 Å².